The van der Waals surface area contributed by atoms with Gasteiger partial charge in [0, 0.05) is 25.3 Å². The lowest BCUT2D eigenvalue weighted by molar-refractivity contribution is 0.0931. The second-order valence-electron chi connectivity index (χ2n) is 6.99. The lowest BCUT2D eigenvalue weighted by atomic mass is 10.2. The van der Waals surface area contributed by atoms with Crippen molar-refractivity contribution in [2.75, 3.05) is 18.0 Å². The third-order valence-corrected chi connectivity index (χ3v) is 6.14. The smallest absolute Gasteiger partial charge is 0.268 e. The number of amides is 1. The first kappa shape index (κ1) is 16.6. The Hall–Kier alpha value is -1.89. The van der Waals surface area contributed by atoms with E-state index in [-0.39, 0.29) is 5.91 Å². The molecule has 1 amide bonds. The number of rotatable bonds is 4. The average molecular weight is 359 g/mol. The normalized spacial score (nSPS) is 19.1. The average Bonchev–Trinajstić information content (AvgIpc) is 3.33. The van der Waals surface area contributed by atoms with E-state index in [1.807, 2.05) is 22.9 Å². The quantitative estimate of drug-likeness (QED) is 0.909. The number of anilines is 1. The summed E-state index contributed by atoms with van der Waals surface area (Å²) < 4.78 is 1.86. The Morgan fingerprint density at radius 1 is 1.04 bits per heavy atom. The minimum Gasteiger partial charge on any atom is -0.348 e. The molecule has 1 aliphatic heterocycles. The summed E-state index contributed by atoms with van der Waals surface area (Å²) in [7, 11) is 0. The SMILES string of the molecule is O=C(NC1CCCC1)c1cccn1-c1nnc(N2CCCCCC2)s1. The minimum absolute atomic E-state index is 0.0107. The Kier molecular flexibility index (Phi) is 5.01. The molecule has 0 radical (unpaired) electrons. The molecule has 1 saturated heterocycles. The van der Waals surface area contributed by atoms with Crippen molar-refractivity contribution in [1.29, 1.82) is 0 Å². The number of nitrogens with zero attached hydrogens (tertiary/aromatic N) is 4. The molecule has 3 heterocycles. The molecule has 2 fully saturated rings. The van der Waals surface area contributed by atoms with Gasteiger partial charge in [0.05, 0.1) is 0 Å². The van der Waals surface area contributed by atoms with Gasteiger partial charge in [-0.15, -0.1) is 10.2 Å². The fraction of sp³-hybridized carbons (Fsp3) is 0.611. The molecule has 1 N–H and O–H groups in total. The summed E-state index contributed by atoms with van der Waals surface area (Å²) >= 11 is 1.57. The van der Waals surface area contributed by atoms with Gasteiger partial charge in [-0.2, -0.15) is 0 Å². The van der Waals surface area contributed by atoms with E-state index in [1.165, 1.54) is 38.5 Å². The van der Waals surface area contributed by atoms with Crippen molar-refractivity contribution in [3.8, 4) is 5.13 Å². The second kappa shape index (κ2) is 7.56. The van der Waals surface area contributed by atoms with E-state index in [2.05, 4.69) is 20.4 Å². The number of carbonyl (C=O) groups excluding carboxylic acids is 1. The molecule has 7 heteroatoms. The summed E-state index contributed by atoms with van der Waals surface area (Å²) in [5.74, 6) is -0.0107. The number of nitrogens with one attached hydrogen (secondary N) is 1. The van der Waals surface area contributed by atoms with Gasteiger partial charge in [-0.1, -0.05) is 37.0 Å². The topological polar surface area (TPSA) is 63.1 Å². The second-order valence-corrected chi connectivity index (χ2v) is 7.92. The molecule has 2 aromatic heterocycles. The molecule has 2 aromatic rings. The van der Waals surface area contributed by atoms with Crippen LogP contribution in [0.5, 0.6) is 0 Å². The first-order valence-corrected chi connectivity index (χ1v) is 10.2. The third-order valence-electron chi connectivity index (χ3n) is 5.16. The van der Waals surface area contributed by atoms with Crippen LogP contribution in [-0.4, -0.2) is 39.8 Å². The van der Waals surface area contributed by atoms with Gasteiger partial charge in [-0.25, -0.2) is 0 Å². The molecule has 0 aromatic carbocycles. The van der Waals surface area contributed by atoms with Crippen LogP contribution in [0.15, 0.2) is 18.3 Å². The summed E-state index contributed by atoms with van der Waals surface area (Å²) in [5.41, 5.74) is 0.644. The summed E-state index contributed by atoms with van der Waals surface area (Å²) in [6.07, 6.45) is 11.5. The number of carbonyl (C=O) groups is 1. The van der Waals surface area contributed by atoms with Crippen molar-refractivity contribution in [3.63, 3.8) is 0 Å². The van der Waals surface area contributed by atoms with Crippen LogP contribution in [0.25, 0.3) is 5.13 Å². The highest BCUT2D eigenvalue weighted by Gasteiger charge is 2.22. The predicted octanol–water partition coefficient (Wildman–Crippen LogP) is 3.38. The summed E-state index contributed by atoms with van der Waals surface area (Å²) in [4.78, 5) is 15.0. The number of hydrogen-bond acceptors (Lipinski definition) is 5. The molecule has 25 heavy (non-hydrogen) atoms. The Morgan fingerprint density at radius 2 is 1.76 bits per heavy atom. The van der Waals surface area contributed by atoms with E-state index in [0.29, 0.717) is 11.7 Å². The van der Waals surface area contributed by atoms with Crippen molar-refractivity contribution in [1.82, 2.24) is 20.1 Å². The zero-order valence-corrected chi connectivity index (χ0v) is 15.3. The predicted molar refractivity (Wildman–Crippen MR) is 99.6 cm³/mol. The fourth-order valence-electron chi connectivity index (χ4n) is 3.76. The molecular weight excluding hydrogens is 334 g/mol. The van der Waals surface area contributed by atoms with Crippen molar-refractivity contribution in [2.45, 2.75) is 57.4 Å². The van der Waals surface area contributed by atoms with Gasteiger partial charge in [0.25, 0.3) is 5.91 Å². The Bertz CT molecular complexity index is 711. The van der Waals surface area contributed by atoms with Gasteiger partial charge in [0.2, 0.25) is 10.3 Å². The Balaban J connectivity index is 1.50. The van der Waals surface area contributed by atoms with Gasteiger partial charge >= 0.3 is 0 Å². The van der Waals surface area contributed by atoms with Crippen molar-refractivity contribution >= 4 is 22.4 Å². The van der Waals surface area contributed by atoms with Crippen LogP contribution in [0.1, 0.15) is 61.9 Å². The van der Waals surface area contributed by atoms with Gasteiger partial charge < -0.3 is 10.2 Å². The van der Waals surface area contributed by atoms with E-state index in [1.54, 1.807) is 11.3 Å². The van der Waals surface area contributed by atoms with Crippen LogP contribution in [0, 0.1) is 0 Å². The maximum atomic E-state index is 12.6. The molecule has 4 rings (SSSR count). The van der Waals surface area contributed by atoms with E-state index < -0.39 is 0 Å². The van der Waals surface area contributed by atoms with Crippen molar-refractivity contribution < 1.29 is 4.79 Å². The van der Waals surface area contributed by atoms with Crippen LogP contribution in [0.4, 0.5) is 5.13 Å². The lowest BCUT2D eigenvalue weighted by Gasteiger charge is -2.17. The summed E-state index contributed by atoms with van der Waals surface area (Å²) in [6, 6.07) is 4.08. The Labute approximate surface area is 152 Å². The molecule has 0 unspecified atom stereocenters. The first-order chi connectivity index (χ1) is 12.3. The third kappa shape index (κ3) is 3.71. The number of aromatic nitrogens is 3. The Morgan fingerprint density at radius 3 is 2.52 bits per heavy atom. The van der Waals surface area contributed by atoms with Crippen LogP contribution >= 0.6 is 11.3 Å². The van der Waals surface area contributed by atoms with E-state index >= 15 is 0 Å². The first-order valence-electron chi connectivity index (χ1n) is 9.38. The van der Waals surface area contributed by atoms with Crippen LogP contribution in [0.2, 0.25) is 0 Å². The number of hydrogen-bond donors (Lipinski definition) is 1. The molecule has 6 nitrogen and oxygen atoms in total. The largest absolute Gasteiger partial charge is 0.348 e. The molecule has 0 spiro atoms. The van der Waals surface area contributed by atoms with E-state index in [9.17, 15) is 4.79 Å². The van der Waals surface area contributed by atoms with Crippen molar-refractivity contribution in [3.05, 3.63) is 24.0 Å². The zero-order valence-electron chi connectivity index (χ0n) is 14.5. The van der Waals surface area contributed by atoms with Gasteiger partial charge in [-0.3, -0.25) is 9.36 Å². The maximum absolute atomic E-state index is 12.6. The summed E-state index contributed by atoms with van der Waals surface area (Å²) in [5, 5.41) is 13.6. The fourth-order valence-corrected chi connectivity index (χ4v) is 4.65. The molecule has 134 valence electrons. The molecule has 1 saturated carbocycles. The van der Waals surface area contributed by atoms with E-state index in [4.69, 9.17) is 0 Å². The van der Waals surface area contributed by atoms with Gasteiger partial charge in [0.15, 0.2) is 0 Å². The van der Waals surface area contributed by atoms with Gasteiger partial charge in [0.1, 0.15) is 5.69 Å². The zero-order chi connectivity index (χ0) is 17.1. The lowest BCUT2D eigenvalue weighted by Crippen LogP contribution is -2.33. The highest BCUT2D eigenvalue weighted by Crippen LogP contribution is 2.27. The highest BCUT2D eigenvalue weighted by molar-refractivity contribution is 7.17. The van der Waals surface area contributed by atoms with E-state index in [0.717, 1.165) is 36.2 Å². The minimum atomic E-state index is -0.0107. The van der Waals surface area contributed by atoms with Gasteiger partial charge in [-0.05, 0) is 37.8 Å². The van der Waals surface area contributed by atoms with Crippen LogP contribution in [-0.2, 0) is 0 Å². The molecule has 1 aliphatic carbocycles. The summed E-state index contributed by atoms with van der Waals surface area (Å²) in [6.45, 7) is 2.10. The molecular formula is C18H25N5OS. The van der Waals surface area contributed by atoms with Crippen LogP contribution in [0.3, 0.4) is 0 Å². The molecule has 0 atom stereocenters. The monoisotopic (exact) mass is 359 g/mol. The molecule has 0 bridgehead atoms. The van der Waals surface area contributed by atoms with Crippen LogP contribution < -0.4 is 10.2 Å². The molecule has 2 aliphatic rings. The standard InChI is InChI=1S/C18H25N5OS/c24-16(19-14-8-3-4-9-14)15-10-7-13-23(15)18-21-20-17(25-18)22-11-5-1-2-6-12-22/h7,10,13-14H,1-6,8-9,11-12H2,(H,19,24). The maximum Gasteiger partial charge on any atom is 0.268 e. The van der Waals surface area contributed by atoms with Crippen molar-refractivity contribution in [2.24, 2.45) is 0 Å². The highest BCUT2D eigenvalue weighted by atomic mass is 32.1.